The molecule has 0 bridgehead atoms. The summed E-state index contributed by atoms with van der Waals surface area (Å²) in [7, 11) is 0. The highest BCUT2D eigenvalue weighted by Crippen LogP contribution is 2.21. The van der Waals surface area contributed by atoms with Gasteiger partial charge in [-0.1, -0.05) is 25.1 Å². The molecule has 106 valence electrons. The van der Waals surface area contributed by atoms with E-state index in [-0.39, 0.29) is 5.78 Å². The molecule has 3 rings (SSSR count). The van der Waals surface area contributed by atoms with E-state index in [2.05, 4.69) is 11.9 Å². The van der Waals surface area contributed by atoms with Crippen LogP contribution in [0.2, 0.25) is 0 Å². The van der Waals surface area contributed by atoms with Gasteiger partial charge in [0.15, 0.2) is 0 Å². The van der Waals surface area contributed by atoms with Gasteiger partial charge in [0.25, 0.3) is 0 Å². The maximum Gasteiger partial charge on any atom is 0.219 e. The molecular weight excluding hydrogens is 248 g/mol. The van der Waals surface area contributed by atoms with Crippen LogP contribution in [0.3, 0.4) is 0 Å². The number of hydrogen-bond donors (Lipinski definition) is 2. The first kappa shape index (κ1) is 13.4. The van der Waals surface area contributed by atoms with Crippen molar-refractivity contribution in [3.63, 3.8) is 0 Å². The van der Waals surface area contributed by atoms with E-state index in [1.165, 1.54) is 17.7 Å². The number of para-hydroxylation sites is 1. The highest BCUT2D eigenvalue weighted by atomic mass is 16.1. The number of quaternary nitrogens is 1. The molecule has 2 heterocycles. The Morgan fingerprint density at radius 2 is 2.00 bits per heavy atom. The van der Waals surface area contributed by atoms with E-state index in [1.54, 1.807) is 0 Å². The molecule has 1 saturated heterocycles. The largest absolute Gasteiger partial charge is 0.358 e. The van der Waals surface area contributed by atoms with Crippen LogP contribution >= 0.6 is 0 Å². The average molecular weight is 271 g/mol. The number of aromatic nitrogens is 1. The average Bonchev–Trinajstić information content (AvgIpc) is 2.77. The molecule has 0 unspecified atom stereocenters. The van der Waals surface area contributed by atoms with Crippen LogP contribution in [0.1, 0.15) is 35.8 Å². The van der Waals surface area contributed by atoms with Crippen molar-refractivity contribution in [2.24, 2.45) is 5.92 Å². The molecule has 0 aliphatic carbocycles. The molecule has 20 heavy (non-hydrogen) atoms. The van der Waals surface area contributed by atoms with Gasteiger partial charge in [-0.3, -0.25) is 4.79 Å². The summed E-state index contributed by atoms with van der Waals surface area (Å²) in [5.74, 6) is 1.10. The number of hydrogen-bond acceptors (Lipinski definition) is 1. The molecule has 3 nitrogen and oxygen atoms in total. The first-order valence-corrected chi connectivity index (χ1v) is 7.59. The molecule has 1 aliphatic heterocycles. The second-order valence-corrected chi connectivity index (χ2v) is 6.20. The van der Waals surface area contributed by atoms with Gasteiger partial charge in [0, 0.05) is 16.6 Å². The maximum absolute atomic E-state index is 12.6. The SMILES string of the molecule is Cc1[nH]c2ccccc2c1C(=O)C[NH+]1CCC(C)CC1. The Balaban J connectivity index is 1.80. The number of nitrogens with one attached hydrogen (secondary N) is 2. The second kappa shape index (κ2) is 5.41. The number of carbonyl (C=O) groups excluding carboxylic acids is 1. The quantitative estimate of drug-likeness (QED) is 0.823. The molecule has 2 aromatic rings. The number of rotatable bonds is 3. The lowest BCUT2D eigenvalue weighted by Gasteiger charge is -2.26. The molecular formula is C17H23N2O+. The minimum atomic E-state index is 0.282. The number of aryl methyl sites for hydroxylation is 1. The highest BCUT2D eigenvalue weighted by Gasteiger charge is 2.24. The maximum atomic E-state index is 12.6. The first-order valence-electron chi connectivity index (χ1n) is 7.59. The summed E-state index contributed by atoms with van der Waals surface area (Å²) < 4.78 is 0. The Morgan fingerprint density at radius 3 is 2.75 bits per heavy atom. The van der Waals surface area contributed by atoms with Gasteiger partial charge in [-0.25, -0.2) is 0 Å². The number of Topliss-reactive ketones (excluding diaryl/α,β-unsaturated/α-hetero) is 1. The summed E-state index contributed by atoms with van der Waals surface area (Å²) in [4.78, 5) is 17.4. The molecule has 0 amide bonds. The second-order valence-electron chi connectivity index (χ2n) is 6.20. The minimum Gasteiger partial charge on any atom is -0.358 e. The third-order valence-electron chi connectivity index (χ3n) is 4.56. The standard InChI is InChI=1S/C17H22N2O/c1-12-7-9-19(10-8-12)11-16(20)17-13(2)18-15-6-4-3-5-14(15)17/h3-6,12,18H,7-11H2,1-2H3/p+1. The van der Waals surface area contributed by atoms with Crippen LogP contribution in [0.25, 0.3) is 10.9 Å². The van der Waals surface area contributed by atoms with Crippen molar-refractivity contribution >= 4 is 16.7 Å². The van der Waals surface area contributed by atoms with Crippen LogP contribution in [0.15, 0.2) is 24.3 Å². The predicted octanol–water partition coefficient (Wildman–Crippen LogP) is 1.97. The summed E-state index contributed by atoms with van der Waals surface area (Å²) >= 11 is 0. The Bertz CT molecular complexity index is 621. The highest BCUT2D eigenvalue weighted by molar-refractivity contribution is 6.09. The number of ketones is 1. The van der Waals surface area contributed by atoms with Crippen LogP contribution in [0.4, 0.5) is 0 Å². The third kappa shape index (κ3) is 2.50. The van der Waals surface area contributed by atoms with E-state index in [0.717, 1.165) is 41.2 Å². The normalized spacial score (nSPS) is 23.1. The van der Waals surface area contributed by atoms with Gasteiger partial charge in [-0.2, -0.15) is 0 Å². The van der Waals surface area contributed by atoms with E-state index in [0.29, 0.717) is 6.54 Å². The minimum absolute atomic E-state index is 0.282. The molecule has 1 aromatic heterocycles. The van der Waals surface area contributed by atoms with E-state index < -0.39 is 0 Å². The fourth-order valence-corrected chi connectivity index (χ4v) is 3.30. The van der Waals surface area contributed by atoms with Crippen molar-refractivity contribution in [3.8, 4) is 0 Å². The number of likely N-dealkylation sites (tertiary alicyclic amines) is 1. The molecule has 1 fully saturated rings. The zero-order chi connectivity index (χ0) is 14.1. The number of aromatic amines is 1. The van der Waals surface area contributed by atoms with Crippen molar-refractivity contribution in [3.05, 3.63) is 35.5 Å². The number of carbonyl (C=O) groups is 1. The van der Waals surface area contributed by atoms with Crippen LogP contribution in [0, 0.1) is 12.8 Å². The van der Waals surface area contributed by atoms with Crippen LogP contribution in [-0.2, 0) is 0 Å². The van der Waals surface area contributed by atoms with E-state index in [9.17, 15) is 4.79 Å². The lowest BCUT2D eigenvalue weighted by atomic mass is 9.98. The number of fused-ring (bicyclic) bond motifs is 1. The molecule has 3 heteroatoms. The van der Waals surface area contributed by atoms with E-state index in [1.807, 2.05) is 31.2 Å². The molecule has 2 N–H and O–H groups in total. The molecule has 0 radical (unpaired) electrons. The Hall–Kier alpha value is -1.61. The molecule has 0 atom stereocenters. The fourth-order valence-electron chi connectivity index (χ4n) is 3.30. The first-order chi connectivity index (χ1) is 9.65. The van der Waals surface area contributed by atoms with Crippen molar-refractivity contribution in [2.45, 2.75) is 26.7 Å². The topological polar surface area (TPSA) is 37.3 Å². The van der Waals surface area contributed by atoms with Crippen molar-refractivity contribution in [1.82, 2.24) is 4.98 Å². The number of piperidine rings is 1. The Kier molecular flexibility index (Phi) is 3.62. The molecule has 0 saturated carbocycles. The summed E-state index contributed by atoms with van der Waals surface area (Å²) in [6.07, 6.45) is 2.49. The van der Waals surface area contributed by atoms with Crippen molar-refractivity contribution in [1.29, 1.82) is 0 Å². The van der Waals surface area contributed by atoms with Gasteiger partial charge in [-0.15, -0.1) is 0 Å². The zero-order valence-corrected chi connectivity index (χ0v) is 12.3. The number of H-pyrrole nitrogens is 1. The summed E-state index contributed by atoms with van der Waals surface area (Å²) in [5.41, 5.74) is 2.96. The van der Waals surface area contributed by atoms with Crippen molar-refractivity contribution in [2.75, 3.05) is 19.6 Å². The monoisotopic (exact) mass is 271 g/mol. The van der Waals surface area contributed by atoms with Gasteiger partial charge in [0.05, 0.1) is 18.7 Å². The molecule has 1 aromatic carbocycles. The summed E-state index contributed by atoms with van der Waals surface area (Å²) in [5, 5.41) is 1.07. The van der Waals surface area contributed by atoms with Crippen LogP contribution < -0.4 is 4.90 Å². The Morgan fingerprint density at radius 1 is 1.30 bits per heavy atom. The summed E-state index contributed by atoms with van der Waals surface area (Å²) in [6.45, 7) is 7.21. The van der Waals surface area contributed by atoms with Gasteiger partial charge < -0.3 is 9.88 Å². The van der Waals surface area contributed by atoms with Gasteiger partial charge in [0.1, 0.15) is 6.54 Å². The third-order valence-corrected chi connectivity index (χ3v) is 4.56. The van der Waals surface area contributed by atoms with Gasteiger partial charge >= 0.3 is 0 Å². The number of benzene rings is 1. The smallest absolute Gasteiger partial charge is 0.219 e. The van der Waals surface area contributed by atoms with E-state index >= 15 is 0 Å². The predicted molar refractivity (Wildman–Crippen MR) is 81.3 cm³/mol. The molecule has 1 aliphatic rings. The van der Waals surface area contributed by atoms with E-state index in [4.69, 9.17) is 0 Å². The summed E-state index contributed by atoms with van der Waals surface area (Å²) in [6, 6.07) is 8.08. The zero-order valence-electron chi connectivity index (χ0n) is 12.3. The lowest BCUT2D eigenvalue weighted by molar-refractivity contribution is -0.897. The Labute approximate surface area is 120 Å². The van der Waals surface area contributed by atoms with Crippen LogP contribution in [-0.4, -0.2) is 30.4 Å². The molecule has 0 spiro atoms. The lowest BCUT2D eigenvalue weighted by Crippen LogP contribution is -3.13. The van der Waals surface area contributed by atoms with Crippen LogP contribution in [0.5, 0.6) is 0 Å². The van der Waals surface area contributed by atoms with Gasteiger partial charge in [0.2, 0.25) is 5.78 Å². The van der Waals surface area contributed by atoms with Crippen molar-refractivity contribution < 1.29 is 9.69 Å². The fraction of sp³-hybridized carbons (Fsp3) is 0.471. The van der Waals surface area contributed by atoms with Gasteiger partial charge in [-0.05, 0) is 31.7 Å².